The molecule has 3 heteroatoms. The van der Waals surface area contributed by atoms with Crippen LogP contribution in [0.2, 0.25) is 25.7 Å². The van der Waals surface area contributed by atoms with Gasteiger partial charge in [0.05, 0.1) is 6.61 Å². The molecule has 0 spiro atoms. The molecule has 1 atom stereocenters. The van der Waals surface area contributed by atoms with Crippen molar-refractivity contribution in [1.29, 1.82) is 0 Å². The van der Waals surface area contributed by atoms with Crippen molar-refractivity contribution in [3.05, 3.63) is 23.8 Å². The number of hydrogen-bond donors (Lipinski definition) is 0. The molecule has 0 radical (unpaired) electrons. The Labute approximate surface area is 99.4 Å². The van der Waals surface area contributed by atoms with E-state index in [4.69, 9.17) is 4.74 Å². The Morgan fingerprint density at radius 2 is 2.25 bits per heavy atom. The van der Waals surface area contributed by atoms with Gasteiger partial charge in [0.2, 0.25) is 0 Å². The Kier molecular flexibility index (Phi) is 5.15. The molecule has 0 saturated carbocycles. The van der Waals surface area contributed by atoms with Crippen LogP contribution >= 0.6 is 0 Å². The highest BCUT2D eigenvalue weighted by Crippen LogP contribution is 2.16. The van der Waals surface area contributed by atoms with Gasteiger partial charge >= 0.3 is 0 Å². The van der Waals surface area contributed by atoms with Gasteiger partial charge in [-0.1, -0.05) is 37.9 Å². The van der Waals surface area contributed by atoms with Crippen LogP contribution in [0.5, 0.6) is 0 Å². The van der Waals surface area contributed by atoms with Crippen molar-refractivity contribution < 1.29 is 9.53 Å². The lowest BCUT2D eigenvalue weighted by atomic mass is 9.98. The maximum Gasteiger partial charge on any atom is 0.149 e. The summed E-state index contributed by atoms with van der Waals surface area (Å²) in [4.78, 5) is 10.6. The Morgan fingerprint density at radius 3 is 2.88 bits per heavy atom. The summed E-state index contributed by atoms with van der Waals surface area (Å²) in [6, 6.07) is 1.21. The van der Waals surface area contributed by atoms with E-state index >= 15 is 0 Å². The minimum Gasteiger partial charge on any atom is -0.381 e. The lowest BCUT2D eigenvalue weighted by molar-refractivity contribution is -0.104. The zero-order chi connectivity index (χ0) is 12.0. The number of ether oxygens (including phenoxy) is 1. The summed E-state index contributed by atoms with van der Waals surface area (Å²) in [6.07, 6.45) is 7.85. The van der Waals surface area contributed by atoms with Crippen LogP contribution in [0.3, 0.4) is 0 Å². The lowest BCUT2D eigenvalue weighted by Gasteiger charge is -2.18. The fraction of sp³-hybridized carbons (Fsp3) is 0.615. The molecule has 0 saturated heterocycles. The van der Waals surface area contributed by atoms with Gasteiger partial charge in [0.1, 0.15) is 6.29 Å². The number of hydrogen-bond acceptors (Lipinski definition) is 2. The van der Waals surface area contributed by atoms with Crippen molar-refractivity contribution in [1.82, 2.24) is 0 Å². The second-order valence-corrected chi connectivity index (χ2v) is 11.2. The van der Waals surface area contributed by atoms with Gasteiger partial charge in [-0.05, 0) is 12.5 Å². The van der Waals surface area contributed by atoms with Crippen molar-refractivity contribution in [2.45, 2.75) is 32.1 Å². The molecule has 0 aromatic carbocycles. The minimum atomic E-state index is -0.975. The monoisotopic (exact) mass is 238 g/mol. The van der Waals surface area contributed by atoms with E-state index in [1.807, 2.05) is 12.2 Å². The van der Waals surface area contributed by atoms with Crippen LogP contribution in [0.25, 0.3) is 0 Å². The largest absolute Gasteiger partial charge is 0.381 e. The SMILES string of the molecule is C[Si](C)(C)CCOCC1C=C(C=O)C=CC1. The second kappa shape index (κ2) is 6.16. The molecule has 0 aromatic rings. The van der Waals surface area contributed by atoms with Gasteiger partial charge in [-0.2, -0.15) is 0 Å². The van der Waals surface area contributed by atoms with Gasteiger partial charge in [0.15, 0.2) is 0 Å². The predicted octanol–water partition coefficient (Wildman–Crippen LogP) is 3.04. The Hall–Kier alpha value is -0.673. The molecule has 1 aliphatic rings. The number of allylic oxidation sites excluding steroid dienone is 3. The number of carbonyl (C=O) groups excluding carboxylic acids is 1. The Bertz CT molecular complexity index is 287. The van der Waals surface area contributed by atoms with Crippen LogP contribution in [0, 0.1) is 5.92 Å². The van der Waals surface area contributed by atoms with Crippen molar-refractivity contribution in [2.24, 2.45) is 5.92 Å². The predicted molar refractivity (Wildman–Crippen MR) is 70.4 cm³/mol. The van der Waals surface area contributed by atoms with Gasteiger partial charge in [-0.25, -0.2) is 0 Å². The van der Waals surface area contributed by atoms with Gasteiger partial charge in [0, 0.05) is 26.2 Å². The molecular weight excluding hydrogens is 216 g/mol. The van der Waals surface area contributed by atoms with Gasteiger partial charge in [-0.3, -0.25) is 4.79 Å². The van der Waals surface area contributed by atoms with Crippen LogP contribution in [-0.2, 0) is 9.53 Å². The number of aldehydes is 1. The highest BCUT2D eigenvalue weighted by Gasteiger charge is 2.13. The molecule has 0 aromatic heterocycles. The molecule has 1 rings (SSSR count). The molecule has 1 aliphatic carbocycles. The van der Waals surface area contributed by atoms with Gasteiger partial charge in [-0.15, -0.1) is 0 Å². The van der Waals surface area contributed by atoms with Crippen molar-refractivity contribution in [2.75, 3.05) is 13.2 Å². The maximum atomic E-state index is 10.6. The smallest absolute Gasteiger partial charge is 0.149 e. The molecule has 0 aliphatic heterocycles. The van der Waals surface area contributed by atoms with E-state index in [-0.39, 0.29) is 0 Å². The molecule has 0 amide bonds. The van der Waals surface area contributed by atoms with Gasteiger partial charge < -0.3 is 4.74 Å². The third-order valence-electron chi connectivity index (χ3n) is 2.64. The summed E-state index contributed by atoms with van der Waals surface area (Å²) >= 11 is 0. The number of rotatable bonds is 6. The standard InChI is InChI=1S/C13H22O2Si/c1-16(2,3)8-7-15-11-13-6-4-5-12(9-13)10-14/h4-5,9-10,13H,6-8,11H2,1-3H3. The van der Waals surface area contributed by atoms with E-state index in [0.717, 1.165) is 31.5 Å². The maximum absolute atomic E-state index is 10.6. The number of carbonyl (C=O) groups is 1. The van der Waals surface area contributed by atoms with Crippen LogP contribution in [0.15, 0.2) is 23.8 Å². The van der Waals surface area contributed by atoms with E-state index in [1.165, 1.54) is 6.04 Å². The average molecular weight is 238 g/mol. The molecule has 0 bridgehead atoms. The first kappa shape index (κ1) is 13.4. The Morgan fingerprint density at radius 1 is 1.50 bits per heavy atom. The Balaban J connectivity index is 2.22. The third-order valence-corrected chi connectivity index (χ3v) is 4.35. The normalized spacial score (nSPS) is 20.7. The quantitative estimate of drug-likeness (QED) is 0.404. The molecule has 90 valence electrons. The first-order valence-corrected chi connectivity index (χ1v) is 9.63. The summed E-state index contributed by atoms with van der Waals surface area (Å²) in [5, 5.41) is 0. The summed E-state index contributed by atoms with van der Waals surface area (Å²) < 4.78 is 5.68. The first-order valence-electron chi connectivity index (χ1n) is 5.92. The van der Waals surface area contributed by atoms with E-state index in [0.29, 0.717) is 5.92 Å². The molecule has 1 unspecified atom stereocenters. The zero-order valence-corrected chi connectivity index (χ0v) is 11.5. The van der Waals surface area contributed by atoms with E-state index in [1.54, 1.807) is 0 Å². The van der Waals surface area contributed by atoms with E-state index in [2.05, 4.69) is 25.7 Å². The molecule has 0 heterocycles. The molecule has 0 fully saturated rings. The highest BCUT2D eigenvalue weighted by molar-refractivity contribution is 6.76. The highest BCUT2D eigenvalue weighted by atomic mass is 28.3. The zero-order valence-electron chi connectivity index (χ0n) is 10.5. The fourth-order valence-electron chi connectivity index (χ4n) is 1.58. The van der Waals surface area contributed by atoms with Crippen molar-refractivity contribution in [3.63, 3.8) is 0 Å². The van der Waals surface area contributed by atoms with Crippen molar-refractivity contribution in [3.8, 4) is 0 Å². The summed E-state index contributed by atoms with van der Waals surface area (Å²) in [7, 11) is -0.975. The van der Waals surface area contributed by atoms with E-state index < -0.39 is 8.07 Å². The second-order valence-electron chi connectivity index (χ2n) is 5.57. The minimum absolute atomic E-state index is 0.381. The molecule has 2 nitrogen and oxygen atoms in total. The first-order chi connectivity index (χ1) is 7.51. The third kappa shape index (κ3) is 5.42. The van der Waals surface area contributed by atoms with Crippen LogP contribution in [0.1, 0.15) is 6.42 Å². The summed E-state index contributed by atoms with van der Waals surface area (Å²) in [6.45, 7) is 8.66. The van der Waals surface area contributed by atoms with Crippen LogP contribution in [-0.4, -0.2) is 27.6 Å². The molecule has 0 N–H and O–H groups in total. The molecular formula is C13H22O2Si. The lowest BCUT2D eigenvalue weighted by Crippen LogP contribution is -2.22. The average Bonchev–Trinajstić information content (AvgIpc) is 2.23. The fourth-order valence-corrected chi connectivity index (χ4v) is 2.34. The summed E-state index contributed by atoms with van der Waals surface area (Å²) in [5.41, 5.74) is 0.782. The van der Waals surface area contributed by atoms with Crippen LogP contribution in [0.4, 0.5) is 0 Å². The van der Waals surface area contributed by atoms with E-state index in [9.17, 15) is 4.79 Å². The van der Waals surface area contributed by atoms with Gasteiger partial charge in [0.25, 0.3) is 0 Å². The molecule has 16 heavy (non-hydrogen) atoms. The van der Waals surface area contributed by atoms with Crippen molar-refractivity contribution >= 4 is 14.4 Å². The topological polar surface area (TPSA) is 26.3 Å². The summed E-state index contributed by atoms with van der Waals surface area (Å²) in [5.74, 6) is 0.381. The van der Waals surface area contributed by atoms with Crippen LogP contribution < -0.4 is 0 Å².